The van der Waals surface area contributed by atoms with E-state index in [2.05, 4.69) is 62.2 Å². The zero-order chi connectivity index (χ0) is 13.1. The molecule has 94 valence electrons. The molecule has 0 aliphatic carbocycles. The highest BCUT2D eigenvalue weighted by Crippen LogP contribution is 2.35. The molecule has 0 amide bonds. The van der Waals surface area contributed by atoms with Gasteiger partial charge in [-0.2, -0.15) is 0 Å². The summed E-state index contributed by atoms with van der Waals surface area (Å²) in [5.74, 6) is 0. The SMILES string of the molecule is CC(N)c1ccc(Sc2ccc(Br)cc2)c(Br)c1. The average molecular weight is 387 g/mol. The van der Waals surface area contributed by atoms with Crippen LogP contribution in [0.25, 0.3) is 0 Å². The van der Waals surface area contributed by atoms with E-state index in [1.807, 2.05) is 19.1 Å². The first-order valence-electron chi connectivity index (χ1n) is 5.54. The predicted molar refractivity (Wildman–Crippen MR) is 85.0 cm³/mol. The lowest BCUT2D eigenvalue weighted by molar-refractivity contribution is 0.815. The van der Waals surface area contributed by atoms with Gasteiger partial charge in [0.25, 0.3) is 0 Å². The summed E-state index contributed by atoms with van der Waals surface area (Å²) in [5.41, 5.74) is 7.01. The molecule has 0 aromatic heterocycles. The van der Waals surface area contributed by atoms with E-state index in [1.54, 1.807) is 11.8 Å². The Hall–Kier alpha value is -0.290. The van der Waals surface area contributed by atoms with Crippen LogP contribution in [0.15, 0.2) is 61.2 Å². The lowest BCUT2D eigenvalue weighted by Crippen LogP contribution is -2.04. The van der Waals surface area contributed by atoms with Crippen molar-refractivity contribution in [2.24, 2.45) is 5.73 Å². The lowest BCUT2D eigenvalue weighted by Gasteiger charge is -2.09. The standard InChI is InChI=1S/C14H13Br2NS/c1-9(17)10-2-7-14(13(16)8-10)18-12-5-3-11(15)4-6-12/h2-9H,17H2,1H3. The summed E-state index contributed by atoms with van der Waals surface area (Å²) in [4.78, 5) is 2.41. The van der Waals surface area contributed by atoms with E-state index in [0.29, 0.717) is 0 Å². The Morgan fingerprint density at radius 1 is 1.06 bits per heavy atom. The van der Waals surface area contributed by atoms with E-state index in [-0.39, 0.29) is 6.04 Å². The molecule has 1 atom stereocenters. The molecule has 0 saturated heterocycles. The monoisotopic (exact) mass is 385 g/mol. The van der Waals surface area contributed by atoms with Crippen LogP contribution in [0.2, 0.25) is 0 Å². The van der Waals surface area contributed by atoms with Gasteiger partial charge < -0.3 is 5.73 Å². The molecule has 2 rings (SSSR count). The first-order valence-corrected chi connectivity index (χ1v) is 7.95. The topological polar surface area (TPSA) is 26.0 Å². The van der Waals surface area contributed by atoms with Crippen LogP contribution >= 0.6 is 43.6 Å². The largest absolute Gasteiger partial charge is 0.324 e. The van der Waals surface area contributed by atoms with Crippen molar-refractivity contribution in [3.63, 3.8) is 0 Å². The zero-order valence-corrected chi connectivity index (χ0v) is 13.8. The number of benzene rings is 2. The van der Waals surface area contributed by atoms with Crippen molar-refractivity contribution >= 4 is 43.6 Å². The van der Waals surface area contributed by atoms with Crippen molar-refractivity contribution in [1.29, 1.82) is 0 Å². The highest BCUT2D eigenvalue weighted by Gasteiger charge is 2.06. The Labute approximate surface area is 128 Å². The summed E-state index contributed by atoms with van der Waals surface area (Å²) in [5, 5.41) is 0. The summed E-state index contributed by atoms with van der Waals surface area (Å²) in [7, 11) is 0. The minimum Gasteiger partial charge on any atom is -0.324 e. The van der Waals surface area contributed by atoms with Gasteiger partial charge in [-0.1, -0.05) is 33.8 Å². The van der Waals surface area contributed by atoms with Crippen LogP contribution in [-0.2, 0) is 0 Å². The number of rotatable bonds is 3. The number of hydrogen-bond acceptors (Lipinski definition) is 2. The van der Waals surface area contributed by atoms with Crippen LogP contribution in [0.3, 0.4) is 0 Å². The Balaban J connectivity index is 2.22. The number of hydrogen-bond donors (Lipinski definition) is 1. The summed E-state index contributed by atoms with van der Waals surface area (Å²) < 4.78 is 2.18. The molecule has 1 nitrogen and oxygen atoms in total. The van der Waals surface area contributed by atoms with Crippen LogP contribution in [0.4, 0.5) is 0 Å². The molecule has 2 aromatic carbocycles. The van der Waals surface area contributed by atoms with Gasteiger partial charge in [-0.15, -0.1) is 0 Å². The summed E-state index contributed by atoms with van der Waals surface area (Å²) in [6, 6.07) is 14.6. The minimum atomic E-state index is 0.0630. The van der Waals surface area contributed by atoms with Crippen molar-refractivity contribution in [2.75, 3.05) is 0 Å². The number of halogens is 2. The number of nitrogens with two attached hydrogens (primary N) is 1. The molecule has 2 N–H and O–H groups in total. The minimum absolute atomic E-state index is 0.0630. The fourth-order valence-corrected chi connectivity index (χ4v) is 3.23. The fraction of sp³-hybridized carbons (Fsp3) is 0.143. The van der Waals surface area contributed by atoms with Gasteiger partial charge in [-0.3, -0.25) is 0 Å². The van der Waals surface area contributed by atoms with E-state index in [4.69, 9.17) is 5.73 Å². The molecule has 0 spiro atoms. The second-order valence-electron chi connectivity index (χ2n) is 4.03. The molecule has 0 heterocycles. The van der Waals surface area contributed by atoms with E-state index in [9.17, 15) is 0 Å². The molecule has 0 bridgehead atoms. The Morgan fingerprint density at radius 2 is 1.72 bits per heavy atom. The van der Waals surface area contributed by atoms with Crippen LogP contribution in [-0.4, -0.2) is 0 Å². The van der Waals surface area contributed by atoms with Gasteiger partial charge in [0.15, 0.2) is 0 Å². The Kier molecular flexibility index (Phi) is 4.90. The lowest BCUT2D eigenvalue weighted by atomic mass is 10.1. The average Bonchev–Trinajstić information content (AvgIpc) is 2.34. The summed E-state index contributed by atoms with van der Waals surface area (Å²) >= 11 is 8.77. The van der Waals surface area contributed by atoms with Crippen molar-refractivity contribution in [3.8, 4) is 0 Å². The van der Waals surface area contributed by atoms with E-state index in [0.717, 1.165) is 14.5 Å². The molecule has 0 radical (unpaired) electrons. The van der Waals surface area contributed by atoms with Gasteiger partial charge in [0.1, 0.15) is 0 Å². The molecular formula is C14H13Br2NS. The van der Waals surface area contributed by atoms with E-state index < -0.39 is 0 Å². The molecule has 0 fully saturated rings. The summed E-state index contributed by atoms with van der Waals surface area (Å²) in [6.07, 6.45) is 0. The Bertz CT molecular complexity index is 538. The normalized spacial score (nSPS) is 12.4. The maximum Gasteiger partial charge on any atom is 0.0318 e. The van der Waals surface area contributed by atoms with Crippen LogP contribution in [0.1, 0.15) is 18.5 Å². The molecule has 18 heavy (non-hydrogen) atoms. The molecule has 1 unspecified atom stereocenters. The van der Waals surface area contributed by atoms with Crippen molar-refractivity contribution in [2.45, 2.75) is 22.8 Å². The van der Waals surface area contributed by atoms with E-state index in [1.165, 1.54) is 9.79 Å². The van der Waals surface area contributed by atoms with Crippen molar-refractivity contribution in [1.82, 2.24) is 0 Å². The third-order valence-corrected chi connectivity index (χ3v) is 5.05. The molecular weight excluding hydrogens is 374 g/mol. The first kappa shape index (κ1) is 14.1. The Morgan fingerprint density at radius 3 is 2.28 bits per heavy atom. The van der Waals surface area contributed by atoms with Gasteiger partial charge in [0, 0.05) is 24.8 Å². The van der Waals surface area contributed by atoms with Gasteiger partial charge in [0.05, 0.1) is 0 Å². The zero-order valence-electron chi connectivity index (χ0n) is 9.86. The van der Waals surface area contributed by atoms with Crippen molar-refractivity contribution < 1.29 is 0 Å². The van der Waals surface area contributed by atoms with Crippen LogP contribution in [0.5, 0.6) is 0 Å². The fourth-order valence-electron chi connectivity index (χ4n) is 1.51. The smallest absolute Gasteiger partial charge is 0.0318 e. The van der Waals surface area contributed by atoms with Gasteiger partial charge in [0.2, 0.25) is 0 Å². The predicted octanol–water partition coefficient (Wildman–Crippen LogP) is 5.38. The second kappa shape index (κ2) is 6.24. The van der Waals surface area contributed by atoms with E-state index >= 15 is 0 Å². The van der Waals surface area contributed by atoms with Crippen LogP contribution in [0, 0.1) is 0 Å². The van der Waals surface area contributed by atoms with Gasteiger partial charge in [-0.05, 0) is 64.8 Å². The molecule has 2 aromatic rings. The first-order chi connectivity index (χ1) is 8.56. The maximum absolute atomic E-state index is 5.87. The third kappa shape index (κ3) is 3.60. The quantitative estimate of drug-likeness (QED) is 0.765. The van der Waals surface area contributed by atoms with Gasteiger partial charge >= 0.3 is 0 Å². The molecule has 0 aliphatic rings. The molecule has 0 saturated carbocycles. The molecule has 0 aliphatic heterocycles. The summed E-state index contributed by atoms with van der Waals surface area (Å²) in [6.45, 7) is 1.99. The van der Waals surface area contributed by atoms with Crippen molar-refractivity contribution in [3.05, 3.63) is 57.0 Å². The second-order valence-corrected chi connectivity index (χ2v) is 6.92. The maximum atomic E-state index is 5.87. The molecule has 4 heteroatoms. The highest BCUT2D eigenvalue weighted by atomic mass is 79.9. The van der Waals surface area contributed by atoms with Gasteiger partial charge in [-0.25, -0.2) is 0 Å². The van der Waals surface area contributed by atoms with Crippen LogP contribution < -0.4 is 5.73 Å². The highest BCUT2D eigenvalue weighted by molar-refractivity contribution is 9.10. The third-order valence-electron chi connectivity index (χ3n) is 2.52.